The van der Waals surface area contributed by atoms with Crippen molar-refractivity contribution < 1.29 is 5.11 Å². The molecule has 0 amide bonds. The summed E-state index contributed by atoms with van der Waals surface area (Å²) in [6.45, 7) is 4.67. The zero-order valence-electron chi connectivity index (χ0n) is 13.0. The van der Waals surface area contributed by atoms with Gasteiger partial charge in [0.15, 0.2) is 4.77 Å². The van der Waals surface area contributed by atoms with Crippen molar-refractivity contribution >= 4 is 24.4 Å². The van der Waals surface area contributed by atoms with Crippen molar-refractivity contribution in [3.8, 4) is 5.88 Å². The van der Waals surface area contributed by atoms with E-state index >= 15 is 0 Å². The molecule has 1 N–H and O–H groups in total. The van der Waals surface area contributed by atoms with E-state index in [1.165, 1.54) is 4.57 Å². The van der Waals surface area contributed by atoms with E-state index < -0.39 is 0 Å². The number of fused-ring (bicyclic) bond motifs is 1. The Morgan fingerprint density at radius 3 is 2.57 bits per heavy atom. The molecule has 0 bridgehead atoms. The average molecular weight is 327 g/mol. The van der Waals surface area contributed by atoms with Gasteiger partial charge in [0.05, 0.1) is 11.1 Å². The van der Waals surface area contributed by atoms with Gasteiger partial charge in [0.1, 0.15) is 5.56 Å². The molecule has 1 aliphatic heterocycles. The van der Waals surface area contributed by atoms with E-state index in [-0.39, 0.29) is 17.0 Å². The normalized spacial score (nSPS) is 14.4. The van der Waals surface area contributed by atoms with Crippen molar-refractivity contribution in [1.29, 1.82) is 0 Å². The molecule has 0 aliphatic carbocycles. The second-order valence-electron chi connectivity index (χ2n) is 5.20. The fourth-order valence-electron chi connectivity index (χ4n) is 2.66. The molecule has 6 heteroatoms. The molecular formula is C17H17N3O2S. The summed E-state index contributed by atoms with van der Waals surface area (Å²) >= 11 is 5.28. The molecule has 0 atom stereocenters. The fourth-order valence-corrected chi connectivity index (χ4v) is 3.09. The summed E-state index contributed by atoms with van der Waals surface area (Å²) in [5.41, 5.74) is 0.554. The maximum atomic E-state index is 12.6. The van der Waals surface area contributed by atoms with Gasteiger partial charge in [0, 0.05) is 18.3 Å². The van der Waals surface area contributed by atoms with Crippen LogP contribution < -0.4 is 16.1 Å². The minimum atomic E-state index is -0.299. The largest absolute Gasteiger partial charge is 0.494 e. The molecule has 0 radical (unpaired) electrons. The van der Waals surface area contributed by atoms with Gasteiger partial charge in [-0.3, -0.25) is 13.9 Å². The predicted octanol–water partition coefficient (Wildman–Crippen LogP) is 1.58. The number of hydrogen-bond acceptors (Lipinski definition) is 4. The van der Waals surface area contributed by atoms with Crippen LogP contribution in [0.1, 0.15) is 19.4 Å². The Labute approximate surface area is 138 Å². The summed E-state index contributed by atoms with van der Waals surface area (Å²) in [7, 11) is 0. The number of rotatable bonds is 3. The van der Waals surface area contributed by atoms with E-state index in [0.717, 1.165) is 10.6 Å². The maximum Gasteiger partial charge on any atom is 0.265 e. The monoisotopic (exact) mass is 327 g/mol. The van der Waals surface area contributed by atoms with Gasteiger partial charge in [-0.25, -0.2) is 4.99 Å². The Morgan fingerprint density at radius 1 is 1.22 bits per heavy atom. The maximum absolute atomic E-state index is 12.6. The Kier molecular flexibility index (Phi) is 4.00. The molecule has 1 aliphatic rings. The summed E-state index contributed by atoms with van der Waals surface area (Å²) in [6.07, 6.45) is 3.51. The highest BCUT2D eigenvalue weighted by Crippen LogP contribution is 2.18. The highest BCUT2D eigenvalue weighted by molar-refractivity contribution is 7.71. The molecule has 0 unspecified atom stereocenters. The van der Waals surface area contributed by atoms with Crippen molar-refractivity contribution in [3.05, 3.63) is 61.2 Å². The van der Waals surface area contributed by atoms with Crippen LogP contribution >= 0.6 is 12.2 Å². The minimum Gasteiger partial charge on any atom is -0.494 e. The van der Waals surface area contributed by atoms with Crippen molar-refractivity contribution in [1.82, 2.24) is 9.13 Å². The van der Waals surface area contributed by atoms with Crippen LogP contribution in [0.25, 0.3) is 12.2 Å². The van der Waals surface area contributed by atoms with E-state index in [0.29, 0.717) is 23.6 Å². The summed E-state index contributed by atoms with van der Waals surface area (Å²) < 4.78 is 3.36. The molecule has 3 rings (SSSR count). The molecule has 0 spiro atoms. The number of allylic oxidation sites excluding steroid dienone is 1. The first-order chi connectivity index (χ1) is 11.1. The van der Waals surface area contributed by atoms with E-state index in [1.54, 1.807) is 10.6 Å². The van der Waals surface area contributed by atoms with Gasteiger partial charge in [-0.1, -0.05) is 18.2 Å². The van der Waals surface area contributed by atoms with E-state index in [2.05, 4.69) is 4.99 Å². The van der Waals surface area contributed by atoms with Crippen molar-refractivity contribution in [2.75, 3.05) is 0 Å². The summed E-state index contributed by atoms with van der Waals surface area (Å²) in [5, 5.41) is 12.3. The van der Waals surface area contributed by atoms with E-state index in [1.807, 2.05) is 44.2 Å². The first-order valence-electron chi connectivity index (χ1n) is 7.50. The molecule has 1 aromatic carbocycles. The van der Waals surface area contributed by atoms with Gasteiger partial charge >= 0.3 is 0 Å². The number of benzene rings is 1. The molecular weight excluding hydrogens is 310 g/mol. The fraction of sp³-hybridized carbons (Fsp3) is 0.235. The van der Waals surface area contributed by atoms with Crippen LogP contribution in [0.3, 0.4) is 0 Å². The number of hydrogen-bond donors (Lipinski definition) is 1. The lowest BCUT2D eigenvalue weighted by Gasteiger charge is -2.13. The molecule has 23 heavy (non-hydrogen) atoms. The lowest BCUT2D eigenvalue weighted by molar-refractivity contribution is 0.399. The number of para-hydroxylation sites is 1. The Morgan fingerprint density at radius 2 is 1.91 bits per heavy atom. The number of aromatic hydroxyl groups is 1. The van der Waals surface area contributed by atoms with Crippen LogP contribution in [0.2, 0.25) is 0 Å². The first-order valence-corrected chi connectivity index (χ1v) is 7.91. The molecule has 5 nitrogen and oxygen atoms in total. The van der Waals surface area contributed by atoms with E-state index in [4.69, 9.17) is 12.2 Å². The standard InChI is InChI=1S/C17H17N3O2S/c1-3-19-15(21)13(16(22)20(4-2)17(19)23)10-12-9-11-7-5-6-8-14(11)18-12/h5-10,21H,3-4H2,1-2H3/b12-10+. The SMILES string of the molecule is CCn1c(O)c(/C=C2\C=c3ccccc3=N2)c(=O)n(CC)c1=S. The molecule has 0 saturated heterocycles. The Balaban J connectivity index is 2.26. The zero-order valence-corrected chi connectivity index (χ0v) is 13.8. The smallest absolute Gasteiger partial charge is 0.265 e. The van der Waals surface area contributed by atoms with Gasteiger partial charge in [-0.05, 0) is 44.3 Å². The van der Waals surface area contributed by atoms with Gasteiger partial charge in [-0.15, -0.1) is 0 Å². The first kappa shape index (κ1) is 15.4. The second kappa shape index (κ2) is 5.96. The Bertz CT molecular complexity index is 1010. The third-order valence-electron chi connectivity index (χ3n) is 3.85. The van der Waals surface area contributed by atoms with Crippen LogP contribution in [0, 0.1) is 4.77 Å². The van der Waals surface area contributed by atoms with Crippen molar-refractivity contribution in [2.24, 2.45) is 4.99 Å². The highest BCUT2D eigenvalue weighted by Gasteiger charge is 2.14. The Hall–Kier alpha value is -2.47. The third-order valence-corrected chi connectivity index (χ3v) is 4.29. The van der Waals surface area contributed by atoms with E-state index in [9.17, 15) is 9.90 Å². The number of nitrogens with zero attached hydrogens (tertiary/aromatic N) is 3. The van der Waals surface area contributed by atoms with Gasteiger partial charge in [0.25, 0.3) is 5.56 Å². The molecule has 2 aromatic rings. The van der Waals surface area contributed by atoms with Gasteiger partial charge in [-0.2, -0.15) is 0 Å². The van der Waals surface area contributed by atoms with Crippen LogP contribution in [0.15, 0.2) is 39.7 Å². The highest BCUT2D eigenvalue weighted by atomic mass is 32.1. The molecule has 0 saturated carbocycles. The molecule has 118 valence electrons. The molecule has 0 fully saturated rings. The predicted molar refractivity (Wildman–Crippen MR) is 92.2 cm³/mol. The van der Waals surface area contributed by atoms with Crippen LogP contribution in [0.5, 0.6) is 5.88 Å². The second-order valence-corrected chi connectivity index (χ2v) is 5.56. The number of aromatic nitrogens is 2. The summed E-state index contributed by atoms with van der Waals surface area (Å²) in [4.78, 5) is 17.1. The van der Waals surface area contributed by atoms with Crippen LogP contribution in [-0.4, -0.2) is 14.2 Å². The molecule has 2 heterocycles. The quantitative estimate of drug-likeness (QED) is 0.871. The lowest BCUT2D eigenvalue weighted by Crippen LogP contribution is -2.26. The summed E-state index contributed by atoms with van der Waals surface area (Å²) in [6, 6.07) is 7.72. The summed E-state index contributed by atoms with van der Waals surface area (Å²) in [5.74, 6) is -0.112. The zero-order chi connectivity index (χ0) is 16.6. The van der Waals surface area contributed by atoms with Gasteiger partial charge in [0.2, 0.25) is 5.88 Å². The van der Waals surface area contributed by atoms with Gasteiger partial charge < -0.3 is 5.11 Å². The van der Waals surface area contributed by atoms with Crippen molar-refractivity contribution in [3.63, 3.8) is 0 Å². The third kappa shape index (κ3) is 2.55. The lowest BCUT2D eigenvalue weighted by atomic mass is 10.2. The topological polar surface area (TPSA) is 59.5 Å². The van der Waals surface area contributed by atoms with Crippen LogP contribution in [0.4, 0.5) is 0 Å². The van der Waals surface area contributed by atoms with Crippen molar-refractivity contribution in [2.45, 2.75) is 26.9 Å². The average Bonchev–Trinajstić information content (AvgIpc) is 2.95. The van der Waals surface area contributed by atoms with Crippen LogP contribution in [-0.2, 0) is 13.1 Å². The minimum absolute atomic E-state index is 0.112. The molecule has 1 aromatic heterocycles.